The molecule has 0 radical (unpaired) electrons. The van der Waals surface area contributed by atoms with E-state index in [9.17, 15) is 8.78 Å². The molecule has 1 aromatic rings. The molecule has 0 unspecified atom stereocenters. The second kappa shape index (κ2) is 4.94. The summed E-state index contributed by atoms with van der Waals surface area (Å²) >= 11 is 0. The van der Waals surface area contributed by atoms with Gasteiger partial charge in [-0.1, -0.05) is 13.8 Å². The van der Waals surface area contributed by atoms with E-state index >= 15 is 0 Å². The van der Waals surface area contributed by atoms with Gasteiger partial charge in [0.25, 0.3) is 0 Å². The maximum Gasteiger partial charge on any atom is 0.162 e. The Morgan fingerprint density at radius 2 is 1.93 bits per heavy atom. The number of rotatable bonds is 4. The van der Waals surface area contributed by atoms with E-state index in [-0.39, 0.29) is 0 Å². The van der Waals surface area contributed by atoms with Crippen LogP contribution < -0.4 is 4.74 Å². The molecule has 0 saturated carbocycles. The van der Waals surface area contributed by atoms with Gasteiger partial charge in [-0.05, 0) is 24.5 Å². The highest BCUT2D eigenvalue weighted by Gasteiger charge is 2.03. The highest BCUT2D eigenvalue weighted by Crippen LogP contribution is 2.15. The molecule has 0 N–H and O–H groups in total. The van der Waals surface area contributed by atoms with Crippen LogP contribution in [-0.4, -0.2) is 6.61 Å². The van der Waals surface area contributed by atoms with E-state index in [1.807, 2.05) is 0 Å². The zero-order valence-corrected chi connectivity index (χ0v) is 8.39. The van der Waals surface area contributed by atoms with E-state index < -0.39 is 11.6 Å². The maximum absolute atomic E-state index is 12.7. The largest absolute Gasteiger partial charge is 0.493 e. The Labute approximate surface area is 82.7 Å². The van der Waals surface area contributed by atoms with Crippen LogP contribution in [0.5, 0.6) is 5.75 Å². The smallest absolute Gasteiger partial charge is 0.162 e. The van der Waals surface area contributed by atoms with Crippen LogP contribution in [0.4, 0.5) is 8.78 Å². The summed E-state index contributed by atoms with van der Waals surface area (Å²) in [6.45, 7) is 4.69. The lowest BCUT2D eigenvalue weighted by Gasteiger charge is -2.07. The summed E-state index contributed by atoms with van der Waals surface area (Å²) in [5, 5.41) is 0. The number of hydrogen-bond acceptors (Lipinski definition) is 1. The molecule has 14 heavy (non-hydrogen) atoms. The number of ether oxygens (including phenoxy) is 1. The molecule has 0 fully saturated rings. The van der Waals surface area contributed by atoms with Gasteiger partial charge in [-0.2, -0.15) is 0 Å². The van der Waals surface area contributed by atoms with E-state index in [4.69, 9.17) is 4.74 Å². The van der Waals surface area contributed by atoms with Gasteiger partial charge in [-0.3, -0.25) is 0 Å². The van der Waals surface area contributed by atoms with Crippen molar-refractivity contribution < 1.29 is 13.5 Å². The molecular formula is C11H14F2O. The van der Waals surface area contributed by atoms with Crippen LogP contribution in [0.3, 0.4) is 0 Å². The van der Waals surface area contributed by atoms with Gasteiger partial charge in [0.1, 0.15) is 5.75 Å². The molecule has 0 aliphatic carbocycles. The van der Waals surface area contributed by atoms with Gasteiger partial charge in [-0.15, -0.1) is 0 Å². The van der Waals surface area contributed by atoms with Crippen LogP contribution in [-0.2, 0) is 0 Å². The summed E-state index contributed by atoms with van der Waals surface area (Å²) in [5.41, 5.74) is 0. The fourth-order valence-electron chi connectivity index (χ4n) is 0.979. The topological polar surface area (TPSA) is 9.23 Å². The minimum atomic E-state index is -0.868. The molecule has 0 atom stereocenters. The van der Waals surface area contributed by atoms with Crippen LogP contribution in [0.1, 0.15) is 20.3 Å². The lowest BCUT2D eigenvalue weighted by molar-refractivity contribution is 0.287. The van der Waals surface area contributed by atoms with Crippen molar-refractivity contribution in [3.05, 3.63) is 29.8 Å². The van der Waals surface area contributed by atoms with E-state index in [1.165, 1.54) is 6.07 Å². The van der Waals surface area contributed by atoms with Gasteiger partial charge in [-0.25, -0.2) is 8.78 Å². The molecule has 0 heterocycles. The standard InChI is InChI=1S/C11H14F2O/c1-8(2)5-6-14-9-3-4-10(12)11(13)7-9/h3-4,7-8H,5-6H2,1-2H3. The summed E-state index contributed by atoms with van der Waals surface area (Å²) in [4.78, 5) is 0. The van der Waals surface area contributed by atoms with Gasteiger partial charge in [0.15, 0.2) is 11.6 Å². The summed E-state index contributed by atoms with van der Waals surface area (Å²) < 4.78 is 30.5. The summed E-state index contributed by atoms with van der Waals surface area (Å²) in [7, 11) is 0. The second-order valence-electron chi connectivity index (χ2n) is 3.61. The molecule has 0 saturated heterocycles. The first-order valence-corrected chi connectivity index (χ1v) is 4.67. The SMILES string of the molecule is CC(C)CCOc1ccc(F)c(F)c1. The van der Waals surface area contributed by atoms with Gasteiger partial charge >= 0.3 is 0 Å². The molecular weight excluding hydrogens is 186 g/mol. The summed E-state index contributed by atoms with van der Waals surface area (Å²) in [6, 6.07) is 3.56. The molecule has 0 aliphatic rings. The summed E-state index contributed by atoms with van der Waals surface area (Å²) in [5.74, 6) is -0.793. The predicted molar refractivity (Wildman–Crippen MR) is 51.3 cm³/mol. The van der Waals surface area contributed by atoms with E-state index in [1.54, 1.807) is 0 Å². The number of benzene rings is 1. The van der Waals surface area contributed by atoms with Crippen LogP contribution >= 0.6 is 0 Å². The molecule has 0 aromatic heterocycles. The molecule has 0 spiro atoms. The van der Waals surface area contributed by atoms with E-state index in [0.717, 1.165) is 18.6 Å². The van der Waals surface area contributed by atoms with Crippen molar-refractivity contribution >= 4 is 0 Å². The first kappa shape index (κ1) is 11.0. The fraction of sp³-hybridized carbons (Fsp3) is 0.455. The van der Waals surface area contributed by atoms with Crippen molar-refractivity contribution in [1.29, 1.82) is 0 Å². The first-order valence-electron chi connectivity index (χ1n) is 4.67. The van der Waals surface area contributed by atoms with Crippen molar-refractivity contribution in [1.82, 2.24) is 0 Å². The summed E-state index contributed by atoms with van der Waals surface area (Å²) in [6.07, 6.45) is 0.902. The molecule has 78 valence electrons. The van der Waals surface area contributed by atoms with Crippen molar-refractivity contribution in [3.63, 3.8) is 0 Å². The lowest BCUT2D eigenvalue weighted by atomic mass is 10.1. The Balaban J connectivity index is 2.47. The normalized spacial score (nSPS) is 10.6. The third kappa shape index (κ3) is 3.32. The van der Waals surface area contributed by atoms with Crippen molar-refractivity contribution in [3.8, 4) is 5.75 Å². The molecule has 0 amide bonds. The number of halogens is 2. The highest BCUT2D eigenvalue weighted by atomic mass is 19.2. The quantitative estimate of drug-likeness (QED) is 0.723. The Kier molecular flexibility index (Phi) is 3.86. The fourth-order valence-corrected chi connectivity index (χ4v) is 0.979. The van der Waals surface area contributed by atoms with Crippen LogP contribution in [0, 0.1) is 17.6 Å². The molecule has 1 nitrogen and oxygen atoms in total. The first-order chi connectivity index (χ1) is 6.59. The van der Waals surface area contributed by atoms with Crippen molar-refractivity contribution in [2.24, 2.45) is 5.92 Å². The van der Waals surface area contributed by atoms with Gasteiger partial charge < -0.3 is 4.74 Å². The monoisotopic (exact) mass is 200 g/mol. The maximum atomic E-state index is 12.7. The lowest BCUT2D eigenvalue weighted by Crippen LogP contribution is -2.01. The molecule has 1 aromatic carbocycles. The van der Waals surface area contributed by atoms with Crippen LogP contribution in [0.25, 0.3) is 0 Å². The zero-order chi connectivity index (χ0) is 10.6. The minimum Gasteiger partial charge on any atom is -0.493 e. The second-order valence-corrected chi connectivity index (χ2v) is 3.61. The molecule has 3 heteroatoms. The van der Waals surface area contributed by atoms with Gasteiger partial charge in [0.2, 0.25) is 0 Å². The van der Waals surface area contributed by atoms with Crippen molar-refractivity contribution in [2.75, 3.05) is 6.61 Å². The Bertz CT molecular complexity index is 297. The Morgan fingerprint density at radius 1 is 1.21 bits per heavy atom. The van der Waals surface area contributed by atoms with Crippen LogP contribution in [0.15, 0.2) is 18.2 Å². The third-order valence-corrected chi connectivity index (χ3v) is 1.85. The highest BCUT2D eigenvalue weighted by molar-refractivity contribution is 5.23. The van der Waals surface area contributed by atoms with Gasteiger partial charge in [0.05, 0.1) is 6.61 Å². The van der Waals surface area contributed by atoms with Crippen LogP contribution in [0.2, 0.25) is 0 Å². The minimum absolute atomic E-state index is 0.379. The van der Waals surface area contributed by atoms with E-state index in [2.05, 4.69) is 13.8 Å². The van der Waals surface area contributed by atoms with Gasteiger partial charge in [0, 0.05) is 6.07 Å². The van der Waals surface area contributed by atoms with Crippen molar-refractivity contribution in [2.45, 2.75) is 20.3 Å². The third-order valence-electron chi connectivity index (χ3n) is 1.85. The zero-order valence-electron chi connectivity index (χ0n) is 8.39. The Hall–Kier alpha value is -1.12. The average molecular weight is 200 g/mol. The van der Waals surface area contributed by atoms with E-state index in [0.29, 0.717) is 18.3 Å². The molecule has 0 aliphatic heterocycles. The molecule has 0 bridgehead atoms. The Morgan fingerprint density at radius 3 is 2.50 bits per heavy atom. The average Bonchev–Trinajstić information content (AvgIpc) is 2.10. The molecule has 1 rings (SSSR count). The predicted octanol–water partition coefficient (Wildman–Crippen LogP) is 3.39. The number of hydrogen-bond donors (Lipinski definition) is 0.